The average Bonchev–Trinajstić information content (AvgIpc) is 3.11. The van der Waals surface area contributed by atoms with E-state index in [4.69, 9.17) is 4.74 Å². The van der Waals surface area contributed by atoms with E-state index in [0.29, 0.717) is 18.1 Å². The fourth-order valence-electron chi connectivity index (χ4n) is 3.82. The van der Waals surface area contributed by atoms with Gasteiger partial charge >= 0.3 is 0 Å². The number of carbonyl (C=O) groups is 1. The Balaban J connectivity index is 1.34. The van der Waals surface area contributed by atoms with Crippen molar-refractivity contribution in [2.24, 2.45) is 5.41 Å². The zero-order valence-electron chi connectivity index (χ0n) is 15.6. The van der Waals surface area contributed by atoms with Gasteiger partial charge in [0.2, 0.25) is 5.95 Å². The van der Waals surface area contributed by atoms with Crippen molar-refractivity contribution in [2.45, 2.75) is 32.7 Å². The first-order chi connectivity index (χ1) is 13.1. The molecule has 0 radical (unpaired) electrons. The highest BCUT2D eigenvalue weighted by atomic mass is 16.5. The molecule has 2 aliphatic rings. The number of ether oxygens (including phenoxy) is 1. The van der Waals surface area contributed by atoms with Gasteiger partial charge in [-0.15, -0.1) is 0 Å². The quantitative estimate of drug-likeness (QED) is 0.894. The summed E-state index contributed by atoms with van der Waals surface area (Å²) in [6.45, 7) is 5.79. The van der Waals surface area contributed by atoms with Crippen LogP contribution in [-0.4, -0.2) is 52.1 Å². The molecule has 7 heteroatoms. The summed E-state index contributed by atoms with van der Waals surface area (Å²) < 4.78 is 5.48. The van der Waals surface area contributed by atoms with E-state index in [9.17, 15) is 4.79 Å². The molecule has 4 heterocycles. The minimum atomic E-state index is 0.0210. The predicted octanol–water partition coefficient (Wildman–Crippen LogP) is 2.43. The van der Waals surface area contributed by atoms with Crippen molar-refractivity contribution >= 4 is 11.9 Å². The van der Waals surface area contributed by atoms with Gasteiger partial charge in [0.05, 0.1) is 5.56 Å². The zero-order chi connectivity index (χ0) is 18.7. The Morgan fingerprint density at radius 1 is 1.15 bits per heavy atom. The van der Waals surface area contributed by atoms with E-state index in [0.717, 1.165) is 56.8 Å². The van der Waals surface area contributed by atoms with Gasteiger partial charge in [-0.05, 0) is 43.2 Å². The van der Waals surface area contributed by atoms with E-state index in [1.54, 1.807) is 12.4 Å². The second-order valence-electron chi connectivity index (χ2n) is 7.55. The highest BCUT2D eigenvalue weighted by Crippen LogP contribution is 2.40. The van der Waals surface area contributed by atoms with Gasteiger partial charge < -0.3 is 15.0 Å². The lowest BCUT2D eigenvalue weighted by Gasteiger charge is -2.33. The van der Waals surface area contributed by atoms with Crippen molar-refractivity contribution in [2.75, 3.05) is 31.6 Å². The Bertz CT molecular complexity index is 785. The van der Waals surface area contributed by atoms with Crippen molar-refractivity contribution in [3.63, 3.8) is 0 Å². The topological polar surface area (TPSA) is 80.2 Å². The van der Waals surface area contributed by atoms with E-state index >= 15 is 0 Å². The third kappa shape index (κ3) is 4.08. The first-order valence-electron chi connectivity index (χ1n) is 9.48. The number of aromatic nitrogens is 3. The van der Waals surface area contributed by atoms with Crippen LogP contribution in [0.5, 0.6) is 0 Å². The first-order valence-corrected chi connectivity index (χ1v) is 9.48. The van der Waals surface area contributed by atoms with Gasteiger partial charge in [0.1, 0.15) is 0 Å². The molecular weight excluding hydrogens is 342 g/mol. The number of carbonyl (C=O) groups excluding carboxylic acids is 1. The molecule has 0 saturated carbocycles. The van der Waals surface area contributed by atoms with Crippen LogP contribution in [0.15, 0.2) is 30.7 Å². The zero-order valence-corrected chi connectivity index (χ0v) is 15.6. The molecule has 2 aromatic heterocycles. The van der Waals surface area contributed by atoms with Gasteiger partial charge in [-0.2, -0.15) is 0 Å². The van der Waals surface area contributed by atoms with Crippen LogP contribution in [-0.2, 0) is 11.3 Å². The summed E-state index contributed by atoms with van der Waals surface area (Å²) in [6, 6.07) is 3.99. The van der Waals surface area contributed by atoms with Gasteiger partial charge in [0.25, 0.3) is 5.91 Å². The molecule has 27 heavy (non-hydrogen) atoms. The number of pyridine rings is 1. The highest BCUT2D eigenvalue weighted by Gasteiger charge is 2.41. The summed E-state index contributed by atoms with van der Waals surface area (Å²) in [7, 11) is 0. The van der Waals surface area contributed by atoms with Crippen molar-refractivity contribution < 1.29 is 9.53 Å². The summed E-state index contributed by atoms with van der Waals surface area (Å²) in [5.74, 6) is 0.530. The minimum absolute atomic E-state index is 0.0210. The van der Waals surface area contributed by atoms with Crippen molar-refractivity contribution in [1.29, 1.82) is 0 Å². The third-order valence-electron chi connectivity index (χ3n) is 5.60. The largest absolute Gasteiger partial charge is 0.381 e. The lowest BCUT2D eigenvalue weighted by atomic mass is 9.80. The number of hydrogen-bond donors (Lipinski definition) is 1. The Kier molecular flexibility index (Phi) is 5.03. The SMILES string of the molecule is Cc1ccc(CNc2ncc(C(=O)N3CCC4(CCOCC4)C3)cn2)cn1. The molecule has 0 aliphatic carbocycles. The number of aryl methyl sites for hydroxylation is 1. The molecule has 0 aromatic carbocycles. The maximum absolute atomic E-state index is 12.8. The maximum Gasteiger partial charge on any atom is 0.257 e. The molecule has 1 N–H and O–H groups in total. The molecule has 4 rings (SSSR count). The molecule has 2 saturated heterocycles. The van der Waals surface area contributed by atoms with Crippen LogP contribution in [0.2, 0.25) is 0 Å². The molecular formula is C20H25N5O2. The predicted molar refractivity (Wildman–Crippen MR) is 101 cm³/mol. The van der Waals surface area contributed by atoms with Gasteiger partial charge in [-0.25, -0.2) is 9.97 Å². The molecule has 0 unspecified atom stereocenters. The normalized spacial score (nSPS) is 18.6. The fourth-order valence-corrected chi connectivity index (χ4v) is 3.82. The molecule has 2 fully saturated rings. The summed E-state index contributed by atoms with van der Waals surface area (Å²) in [5, 5.41) is 3.16. The van der Waals surface area contributed by atoms with E-state index in [1.165, 1.54) is 0 Å². The Morgan fingerprint density at radius 2 is 1.93 bits per heavy atom. The molecule has 7 nitrogen and oxygen atoms in total. The number of nitrogens with zero attached hydrogens (tertiary/aromatic N) is 4. The van der Waals surface area contributed by atoms with Gasteiger partial charge in [-0.3, -0.25) is 9.78 Å². The monoisotopic (exact) mass is 367 g/mol. The molecule has 2 aromatic rings. The van der Waals surface area contributed by atoms with E-state index in [2.05, 4.69) is 20.3 Å². The number of amides is 1. The molecule has 1 spiro atoms. The fraction of sp³-hybridized carbons (Fsp3) is 0.500. The highest BCUT2D eigenvalue weighted by molar-refractivity contribution is 5.94. The third-order valence-corrected chi connectivity index (χ3v) is 5.60. The van der Waals surface area contributed by atoms with Crippen LogP contribution in [0, 0.1) is 12.3 Å². The summed E-state index contributed by atoms with van der Waals surface area (Å²) in [5.41, 5.74) is 2.84. The van der Waals surface area contributed by atoms with E-state index in [-0.39, 0.29) is 11.3 Å². The lowest BCUT2D eigenvalue weighted by molar-refractivity contribution is 0.0191. The van der Waals surface area contributed by atoms with Gasteiger partial charge in [0, 0.05) is 57.1 Å². The summed E-state index contributed by atoms with van der Waals surface area (Å²) in [6.07, 6.45) is 8.21. The first kappa shape index (κ1) is 17.9. The minimum Gasteiger partial charge on any atom is -0.381 e. The van der Waals surface area contributed by atoms with Crippen molar-refractivity contribution in [3.05, 3.63) is 47.5 Å². The molecule has 2 aliphatic heterocycles. The van der Waals surface area contributed by atoms with Crippen LogP contribution in [0.3, 0.4) is 0 Å². The van der Waals surface area contributed by atoms with E-state index in [1.807, 2.05) is 30.2 Å². The molecule has 142 valence electrons. The van der Waals surface area contributed by atoms with Gasteiger partial charge in [0.15, 0.2) is 0 Å². The molecule has 0 bridgehead atoms. The second-order valence-corrected chi connectivity index (χ2v) is 7.55. The summed E-state index contributed by atoms with van der Waals surface area (Å²) in [4.78, 5) is 27.6. The number of nitrogens with one attached hydrogen (secondary N) is 1. The van der Waals surface area contributed by atoms with Crippen LogP contribution in [0.1, 0.15) is 40.9 Å². The molecule has 0 atom stereocenters. The average molecular weight is 367 g/mol. The second kappa shape index (κ2) is 7.60. The van der Waals surface area contributed by atoms with Crippen LogP contribution in [0.25, 0.3) is 0 Å². The lowest BCUT2D eigenvalue weighted by Crippen LogP contribution is -2.35. The molecule has 1 amide bonds. The Morgan fingerprint density at radius 3 is 2.63 bits per heavy atom. The number of hydrogen-bond acceptors (Lipinski definition) is 6. The Hall–Kier alpha value is -2.54. The van der Waals surface area contributed by atoms with Crippen molar-refractivity contribution in [1.82, 2.24) is 19.9 Å². The van der Waals surface area contributed by atoms with E-state index < -0.39 is 0 Å². The smallest absolute Gasteiger partial charge is 0.257 e. The van der Waals surface area contributed by atoms with Crippen LogP contribution >= 0.6 is 0 Å². The van der Waals surface area contributed by atoms with Crippen LogP contribution in [0.4, 0.5) is 5.95 Å². The maximum atomic E-state index is 12.8. The van der Waals surface area contributed by atoms with Crippen LogP contribution < -0.4 is 5.32 Å². The standard InChI is InChI=1S/C20H25N5O2/c1-15-2-3-16(10-21-15)11-22-19-23-12-17(13-24-19)18(26)25-7-4-20(14-25)5-8-27-9-6-20/h2-3,10,12-13H,4-9,11,14H2,1H3,(H,22,23,24). The number of likely N-dealkylation sites (tertiary alicyclic amines) is 1. The summed E-state index contributed by atoms with van der Waals surface area (Å²) >= 11 is 0. The Labute approximate surface area is 159 Å². The number of rotatable bonds is 4. The number of anilines is 1. The van der Waals surface area contributed by atoms with Gasteiger partial charge in [-0.1, -0.05) is 6.07 Å². The van der Waals surface area contributed by atoms with Crippen molar-refractivity contribution in [3.8, 4) is 0 Å².